The molecule has 0 unspecified atom stereocenters. The first-order valence-electron chi connectivity index (χ1n) is 6.15. The Balaban J connectivity index is 2.38. The van der Waals surface area contributed by atoms with Crippen molar-refractivity contribution in [2.75, 3.05) is 25.0 Å². The molecule has 0 aliphatic rings. The monoisotopic (exact) mass is 275 g/mol. The normalized spacial score (nSPS) is 12.5. The van der Waals surface area contributed by atoms with E-state index in [1.54, 1.807) is 12.4 Å². The van der Waals surface area contributed by atoms with E-state index in [2.05, 4.69) is 36.4 Å². The zero-order valence-electron chi connectivity index (χ0n) is 11.4. The molecule has 0 atom stereocenters. The van der Waals surface area contributed by atoms with Gasteiger partial charge in [-0.25, -0.2) is 0 Å². The minimum atomic E-state index is -4.16. The number of hydrogen-bond donors (Lipinski definition) is 2. The molecule has 0 fully saturated rings. The Morgan fingerprint density at radius 3 is 2.37 bits per heavy atom. The maximum absolute atomic E-state index is 11.9. The Hall–Kier alpha value is -1.30. The molecule has 2 N–H and O–H groups in total. The van der Waals surface area contributed by atoms with E-state index >= 15 is 0 Å². The second-order valence-electron chi connectivity index (χ2n) is 5.43. The fourth-order valence-corrected chi connectivity index (χ4v) is 1.47. The molecule has 1 rings (SSSR count). The summed E-state index contributed by atoms with van der Waals surface area (Å²) in [6.45, 7) is 5.95. The molecule has 6 heteroatoms. The Morgan fingerprint density at radius 2 is 1.79 bits per heavy atom. The van der Waals surface area contributed by atoms with E-state index in [0.29, 0.717) is 6.54 Å². The van der Waals surface area contributed by atoms with Crippen LogP contribution in [0.5, 0.6) is 0 Å². The average Bonchev–Trinajstić information content (AvgIpc) is 2.26. The van der Waals surface area contributed by atoms with E-state index in [4.69, 9.17) is 0 Å². The van der Waals surface area contributed by atoms with Crippen molar-refractivity contribution in [3.05, 3.63) is 24.0 Å². The van der Waals surface area contributed by atoms with Gasteiger partial charge in [0, 0.05) is 25.5 Å². The summed E-state index contributed by atoms with van der Waals surface area (Å²) in [6.07, 6.45) is -0.695. The summed E-state index contributed by atoms with van der Waals surface area (Å²) in [5.74, 6) is 0. The molecular formula is C13H20F3N3. The van der Waals surface area contributed by atoms with Gasteiger partial charge in [0.25, 0.3) is 0 Å². The fourth-order valence-electron chi connectivity index (χ4n) is 1.47. The third kappa shape index (κ3) is 6.42. The summed E-state index contributed by atoms with van der Waals surface area (Å²) in [4.78, 5) is 4.13. The van der Waals surface area contributed by atoms with Gasteiger partial charge in [0.05, 0.1) is 12.2 Å². The highest BCUT2D eigenvalue weighted by atomic mass is 19.4. The smallest absolute Gasteiger partial charge is 0.383 e. The van der Waals surface area contributed by atoms with E-state index in [0.717, 1.165) is 11.3 Å². The van der Waals surface area contributed by atoms with E-state index in [9.17, 15) is 13.2 Å². The Kier molecular flexibility index (Phi) is 5.17. The van der Waals surface area contributed by atoms with Gasteiger partial charge in [-0.15, -0.1) is 0 Å². The molecule has 0 aliphatic carbocycles. The molecule has 1 aromatic rings. The largest absolute Gasteiger partial charge is 0.401 e. The standard InChI is InChI=1S/C13H20F3N3/c1-12(2,3)10-6-11(8-18-7-10)19-5-4-17-9-13(14,15)16/h6-8,17,19H,4-5,9H2,1-3H3. The lowest BCUT2D eigenvalue weighted by Crippen LogP contribution is -2.32. The first-order valence-corrected chi connectivity index (χ1v) is 6.15. The predicted molar refractivity (Wildman–Crippen MR) is 70.4 cm³/mol. The summed E-state index contributed by atoms with van der Waals surface area (Å²) in [5, 5.41) is 5.38. The van der Waals surface area contributed by atoms with Crippen LogP contribution in [-0.2, 0) is 5.41 Å². The lowest BCUT2D eigenvalue weighted by Gasteiger charge is -2.19. The Morgan fingerprint density at radius 1 is 1.11 bits per heavy atom. The quantitative estimate of drug-likeness (QED) is 0.811. The van der Waals surface area contributed by atoms with Gasteiger partial charge in [-0.05, 0) is 17.0 Å². The second kappa shape index (κ2) is 6.23. The van der Waals surface area contributed by atoms with Gasteiger partial charge < -0.3 is 10.6 Å². The van der Waals surface area contributed by atoms with E-state index in [-0.39, 0.29) is 12.0 Å². The van der Waals surface area contributed by atoms with Crippen LogP contribution in [0.15, 0.2) is 18.5 Å². The van der Waals surface area contributed by atoms with Crippen molar-refractivity contribution in [3.8, 4) is 0 Å². The number of alkyl halides is 3. The number of rotatable bonds is 5. The summed E-state index contributed by atoms with van der Waals surface area (Å²) in [7, 11) is 0. The summed E-state index contributed by atoms with van der Waals surface area (Å²) in [6, 6.07) is 1.97. The van der Waals surface area contributed by atoms with E-state index in [1.165, 1.54) is 0 Å². The molecule has 0 saturated carbocycles. The SMILES string of the molecule is CC(C)(C)c1cncc(NCCNCC(F)(F)F)c1. The topological polar surface area (TPSA) is 37.0 Å². The molecule has 0 spiro atoms. The highest BCUT2D eigenvalue weighted by molar-refractivity contribution is 5.44. The van der Waals surface area contributed by atoms with Crippen molar-refractivity contribution < 1.29 is 13.2 Å². The average molecular weight is 275 g/mol. The van der Waals surface area contributed by atoms with Crippen LogP contribution < -0.4 is 10.6 Å². The van der Waals surface area contributed by atoms with Crippen LogP contribution in [0.2, 0.25) is 0 Å². The lowest BCUT2D eigenvalue weighted by atomic mass is 9.88. The van der Waals surface area contributed by atoms with Crippen LogP contribution in [0.3, 0.4) is 0 Å². The van der Waals surface area contributed by atoms with Crippen molar-refractivity contribution in [2.45, 2.75) is 32.4 Å². The van der Waals surface area contributed by atoms with Gasteiger partial charge >= 0.3 is 6.18 Å². The van der Waals surface area contributed by atoms with Crippen molar-refractivity contribution in [2.24, 2.45) is 0 Å². The molecule has 0 amide bonds. The van der Waals surface area contributed by atoms with Crippen molar-refractivity contribution >= 4 is 5.69 Å². The second-order valence-corrected chi connectivity index (χ2v) is 5.43. The summed E-state index contributed by atoms with van der Waals surface area (Å²) >= 11 is 0. The molecule has 1 heterocycles. The van der Waals surface area contributed by atoms with Crippen LogP contribution in [0.1, 0.15) is 26.3 Å². The van der Waals surface area contributed by atoms with Gasteiger partial charge in [-0.1, -0.05) is 20.8 Å². The van der Waals surface area contributed by atoms with Gasteiger partial charge in [-0.2, -0.15) is 13.2 Å². The number of nitrogens with one attached hydrogen (secondary N) is 2. The molecule has 108 valence electrons. The summed E-state index contributed by atoms with van der Waals surface area (Å²) < 4.78 is 35.7. The number of anilines is 1. The number of nitrogens with zero attached hydrogens (tertiary/aromatic N) is 1. The first kappa shape index (κ1) is 15.8. The van der Waals surface area contributed by atoms with Gasteiger partial charge in [0.15, 0.2) is 0 Å². The maximum Gasteiger partial charge on any atom is 0.401 e. The maximum atomic E-state index is 11.9. The molecule has 3 nitrogen and oxygen atoms in total. The zero-order valence-corrected chi connectivity index (χ0v) is 11.4. The molecule has 0 aliphatic heterocycles. The number of halogens is 3. The van der Waals surface area contributed by atoms with Crippen LogP contribution in [0.4, 0.5) is 18.9 Å². The molecule has 0 radical (unpaired) electrons. The number of hydrogen-bond acceptors (Lipinski definition) is 3. The van der Waals surface area contributed by atoms with Gasteiger partial charge in [-0.3, -0.25) is 4.98 Å². The van der Waals surface area contributed by atoms with Crippen LogP contribution in [0.25, 0.3) is 0 Å². The van der Waals surface area contributed by atoms with E-state index in [1.807, 2.05) is 6.07 Å². The molecular weight excluding hydrogens is 255 g/mol. The minimum absolute atomic E-state index is 0.000770. The minimum Gasteiger partial charge on any atom is -0.383 e. The number of aromatic nitrogens is 1. The Labute approximate surface area is 111 Å². The van der Waals surface area contributed by atoms with Crippen LogP contribution in [0, 0.1) is 0 Å². The highest BCUT2D eigenvalue weighted by Crippen LogP contribution is 2.23. The first-order chi connectivity index (χ1) is 8.68. The van der Waals surface area contributed by atoms with Crippen molar-refractivity contribution in [1.29, 1.82) is 0 Å². The summed E-state index contributed by atoms with van der Waals surface area (Å²) in [5.41, 5.74) is 1.90. The van der Waals surface area contributed by atoms with Crippen molar-refractivity contribution in [1.82, 2.24) is 10.3 Å². The van der Waals surface area contributed by atoms with E-state index < -0.39 is 12.7 Å². The van der Waals surface area contributed by atoms with Crippen molar-refractivity contribution in [3.63, 3.8) is 0 Å². The van der Waals surface area contributed by atoms with Crippen LogP contribution in [-0.4, -0.2) is 30.8 Å². The molecule has 0 bridgehead atoms. The van der Waals surface area contributed by atoms with Gasteiger partial charge in [0.1, 0.15) is 0 Å². The molecule has 0 saturated heterocycles. The lowest BCUT2D eigenvalue weighted by molar-refractivity contribution is -0.124. The third-order valence-corrected chi connectivity index (χ3v) is 2.56. The molecule has 1 aromatic heterocycles. The van der Waals surface area contributed by atoms with Crippen LogP contribution >= 0.6 is 0 Å². The predicted octanol–water partition coefficient (Wildman–Crippen LogP) is 2.94. The molecule has 0 aromatic carbocycles. The fraction of sp³-hybridized carbons (Fsp3) is 0.615. The van der Waals surface area contributed by atoms with Gasteiger partial charge in [0.2, 0.25) is 0 Å². The third-order valence-electron chi connectivity index (χ3n) is 2.56. The zero-order chi connectivity index (χ0) is 14.5. The molecule has 19 heavy (non-hydrogen) atoms. The number of pyridine rings is 1. The highest BCUT2D eigenvalue weighted by Gasteiger charge is 2.25. The Bertz CT molecular complexity index is 397.